The molecule has 1 aliphatic rings. The van der Waals surface area contributed by atoms with E-state index in [2.05, 4.69) is 16.9 Å². The van der Waals surface area contributed by atoms with E-state index in [9.17, 15) is 18.0 Å². The Morgan fingerprint density at radius 3 is 2.69 bits per heavy atom. The Bertz CT molecular complexity index is 1050. The fraction of sp³-hybridized carbons (Fsp3) is 0.150. The number of hydrogen-bond donors (Lipinski definition) is 2. The van der Waals surface area contributed by atoms with Crippen LogP contribution in [-0.4, -0.2) is 10.9 Å². The van der Waals surface area contributed by atoms with Gasteiger partial charge in [-0.05, 0) is 47.9 Å². The fourth-order valence-electron chi connectivity index (χ4n) is 3.39. The van der Waals surface area contributed by atoms with Crippen molar-refractivity contribution in [1.82, 2.24) is 4.98 Å². The monoisotopic (exact) mass is 356 g/mol. The van der Waals surface area contributed by atoms with Crippen molar-refractivity contribution in [2.45, 2.75) is 19.0 Å². The van der Waals surface area contributed by atoms with Crippen LogP contribution in [0.3, 0.4) is 0 Å². The van der Waals surface area contributed by atoms with Crippen molar-refractivity contribution in [3.63, 3.8) is 0 Å². The van der Waals surface area contributed by atoms with Crippen molar-refractivity contribution >= 4 is 22.5 Å². The summed E-state index contributed by atoms with van der Waals surface area (Å²) in [5.74, 6) is -0.250. The third-order valence-electron chi connectivity index (χ3n) is 4.58. The van der Waals surface area contributed by atoms with Gasteiger partial charge < -0.3 is 10.3 Å². The molecule has 4 rings (SSSR count). The molecule has 2 aromatic carbocycles. The lowest BCUT2D eigenvalue weighted by Gasteiger charge is -2.09. The van der Waals surface area contributed by atoms with Crippen molar-refractivity contribution in [3.05, 3.63) is 65.7 Å². The number of nitrogens with one attached hydrogen (secondary N) is 2. The molecule has 0 spiro atoms. The molecule has 0 radical (unpaired) electrons. The van der Waals surface area contributed by atoms with E-state index in [1.165, 1.54) is 6.07 Å². The highest BCUT2D eigenvalue weighted by molar-refractivity contribution is 6.05. The molecule has 132 valence electrons. The molecule has 2 N–H and O–H groups in total. The first-order valence-electron chi connectivity index (χ1n) is 8.12. The topological polar surface area (TPSA) is 44.9 Å². The zero-order chi connectivity index (χ0) is 18.5. The van der Waals surface area contributed by atoms with Gasteiger partial charge in [-0.25, -0.2) is 0 Å². The lowest BCUT2D eigenvalue weighted by molar-refractivity contribution is -0.137. The summed E-state index contributed by atoms with van der Waals surface area (Å²) in [5.41, 5.74) is 3.54. The first-order chi connectivity index (χ1) is 12.4. The zero-order valence-electron chi connectivity index (χ0n) is 13.7. The number of rotatable bonds is 2. The number of aromatic amines is 1. The van der Waals surface area contributed by atoms with Crippen molar-refractivity contribution in [2.75, 3.05) is 5.32 Å². The van der Waals surface area contributed by atoms with E-state index in [0.29, 0.717) is 34.3 Å². The SMILES string of the molecule is C=CCc1ccc2c(c1)-c1[nH]c3ccc(C(F)(F)F)cc3c1CC(=O)N2. The highest BCUT2D eigenvalue weighted by Crippen LogP contribution is 2.40. The van der Waals surface area contributed by atoms with Crippen molar-refractivity contribution in [1.29, 1.82) is 0 Å². The molecule has 0 bridgehead atoms. The van der Waals surface area contributed by atoms with Crippen LogP contribution in [0.15, 0.2) is 49.1 Å². The molecular weight excluding hydrogens is 341 g/mol. The molecule has 6 heteroatoms. The molecule has 0 saturated carbocycles. The largest absolute Gasteiger partial charge is 0.416 e. The van der Waals surface area contributed by atoms with Crippen LogP contribution in [0.5, 0.6) is 0 Å². The van der Waals surface area contributed by atoms with E-state index < -0.39 is 11.7 Å². The van der Waals surface area contributed by atoms with Crippen LogP contribution in [-0.2, 0) is 23.8 Å². The molecule has 2 heterocycles. The maximum atomic E-state index is 13.1. The fourth-order valence-corrected chi connectivity index (χ4v) is 3.39. The summed E-state index contributed by atoms with van der Waals surface area (Å²) >= 11 is 0. The Balaban J connectivity index is 1.98. The first-order valence-corrected chi connectivity index (χ1v) is 8.12. The van der Waals surface area contributed by atoms with Crippen molar-refractivity contribution in [3.8, 4) is 11.3 Å². The zero-order valence-corrected chi connectivity index (χ0v) is 13.7. The lowest BCUT2D eigenvalue weighted by Crippen LogP contribution is -2.12. The lowest BCUT2D eigenvalue weighted by atomic mass is 9.99. The van der Waals surface area contributed by atoms with Crippen LogP contribution in [0.25, 0.3) is 22.2 Å². The average molecular weight is 356 g/mol. The number of hydrogen-bond acceptors (Lipinski definition) is 1. The summed E-state index contributed by atoms with van der Waals surface area (Å²) in [6.45, 7) is 3.73. The molecule has 0 saturated heterocycles. The predicted molar refractivity (Wildman–Crippen MR) is 95.0 cm³/mol. The third-order valence-corrected chi connectivity index (χ3v) is 4.58. The number of fused-ring (bicyclic) bond motifs is 5. The van der Waals surface area contributed by atoms with E-state index in [-0.39, 0.29) is 12.3 Å². The number of anilines is 1. The summed E-state index contributed by atoms with van der Waals surface area (Å²) in [4.78, 5) is 15.5. The van der Waals surface area contributed by atoms with E-state index in [4.69, 9.17) is 0 Å². The minimum Gasteiger partial charge on any atom is -0.354 e. The second-order valence-electron chi connectivity index (χ2n) is 6.33. The first kappa shape index (κ1) is 16.4. The number of carbonyl (C=O) groups is 1. The Morgan fingerprint density at radius 1 is 1.15 bits per heavy atom. The average Bonchev–Trinajstić information content (AvgIpc) is 2.86. The van der Waals surface area contributed by atoms with E-state index in [1.54, 1.807) is 6.08 Å². The van der Waals surface area contributed by atoms with Crippen molar-refractivity contribution in [2.24, 2.45) is 0 Å². The molecule has 0 unspecified atom stereocenters. The predicted octanol–water partition coefficient (Wildman–Crippen LogP) is 5.08. The smallest absolute Gasteiger partial charge is 0.354 e. The molecule has 26 heavy (non-hydrogen) atoms. The Kier molecular flexibility index (Phi) is 3.64. The van der Waals surface area contributed by atoms with Gasteiger partial charge in [0.15, 0.2) is 0 Å². The van der Waals surface area contributed by atoms with Gasteiger partial charge in [0, 0.05) is 16.5 Å². The quantitative estimate of drug-likeness (QED) is 0.618. The second kappa shape index (κ2) is 5.76. The number of allylic oxidation sites excluding steroid dienone is 1. The highest BCUT2D eigenvalue weighted by Gasteiger charge is 2.32. The van der Waals surface area contributed by atoms with Crippen LogP contribution >= 0.6 is 0 Å². The normalized spacial score (nSPS) is 13.7. The minimum absolute atomic E-state index is 0.0160. The molecule has 3 aromatic rings. The van der Waals surface area contributed by atoms with E-state index in [0.717, 1.165) is 23.3 Å². The number of H-pyrrole nitrogens is 1. The Hall–Kier alpha value is -3.02. The molecule has 3 nitrogen and oxygen atoms in total. The van der Waals surface area contributed by atoms with Gasteiger partial charge in [0.25, 0.3) is 0 Å². The van der Waals surface area contributed by atoms with Crippen LogP contribution in [0.1, 0.15) is 16.7 Å². The van der Waals surface area contributed by atoms with Gasteiger partial charge in [-0.3, -0.25) is 4.79 Å². The summed E-state index contributed by atoms with van der Waals surface area (Å²) < 4.78 is 39.3. The molecule has 1 aliphatic heterocycles. The van der Waals surface area contributed by atoms with Gasteiger partial charge in [-0.15, -0.1) is 6.58 Å². The summed E-state index contributed by atoms with van der Waals surface area (Å²) in [6.07, 6.45) is -1.98. The maximum absolute atomic E-state index is 13.1. The Morgan fingerprint density at radius 2 is 1.96 bits per heavy atom. The summed E-state index contributed by atoms with van der Waals surface area (Å²) in [7, 11) is 0. The van der Waals surface area contributed by atoms with Gasteiger partial charge in [0.2, 0.25) is 5.91 Å². The number of amides is 1. The summed E-state index contributed by atoms with van der Waals surface area (Å²) in [6, 6.07) is 9.22. The molecule has 0 fully saturated rings. The Labute approximate surface area is 147 Å². The van der Waals surface area contributed by atoms with E-state index in [1.807, 2.05) is 18.2 Å². The number of aromatic nitrogens is 1. The number of carbonyl (C=O) groups excluding carboxylic acids is 1. The van der Waals surface area contributed by atoms with Gasteiger partial charge in [-0.2, -0.15) is 13.2 Å². The standard InChI is InChI=1S/C20H15F3N2O/c1-2-3-11-4-6-17-15(8-11)19-14(10-18(26)24-17)13-9-12(20(21,22)23)5-7-16(13)25-19/h2,4-9,25H,1,3,10H2,(H,24,26). The second-order valence-corrected chi connectivity index (χ2v) is 6.33. The van der Waals surface area contributed by atoms with Crippen LogP contribution in [0, 0.1) is 0 Å². The van der Waals surface area contributed by atoms with Gasteiger partial charge in [0.1, 0.15) is 0 Å². The van der Waals surface area contributed by atoms with Crippen LogP contribution in [0.4, 0.5) is 18.9 Å². The van der Waals surface area contributed by atoms with Gasteiger partial charge in [-0.1, -0.05) is 12.1 Å². The summed E-state index contributed by atoms with van der Waals surface area (Å²) in [5, 5.41) is 3.25. The maximum Gasteiger partial charge on any atom is 0.416 e. The van der Waals surface area contributed by atoms with Crippen LogP contribution in [0.2, 0.25) is 0 Å². The third kappa shape index (κ3) is 2.67. The molecule has 1 amide bonds. The number of alkyl halides is 3. The highest BCUT2D eigenvalue weighted by atomic mass is 19.4. The number of halogens is 3. The molecule has 0 aliphatic carbocycles. The van der Waals surface area contributed by atoms with Gasteiger partial charge >= 0.3 is 6.18 Å². The molecule has 1 aromatic heterocycles. The van der Waals surface area contributed by atoms with E-state index >= 15 is 0 Å². The molecular formula is C20H15F3N2O. The van der Waals surface area contributed by atoms with Crippen molar-refractivity contribution < 1.29 is 18.0 Å². The van der Waals surface area contributed by atoms with Crippen LogP contribution < -0.4 is 5.32 Å². The van der Waals surface area contributed by atoms with Gasteiger partial charge in [0.05, 0.1) is 23.4 Å². The molecule has 0 atom stereocenters. The minimum atomic E-state index is -4.43. The number of benzene rings is 2.